The van der Waals surface area contributed by atoms with Crippen LogP contribution in [0.15, 0.2) is 70.7 Å². The van der Waals surface area contributed by atoms with E-state index < -0.39 is 5.91 Å². The van der Waals surface area contributed by atoms with Crippen LogP contribution in [0.3, 0.4) is 0 Å². The number of nitriles is 1. The normalized spacial score (nSPS) is 11.1. The summed E-state index contributed by atoms with van der Waals surface area (Å²) in [5.74, 6) is 0.257. The van der Waals surface area contributed by atoms with E-state index >= 15 is 0 Å². The summed E-state index contributed by atoms with van der Waals surface area (Å²) in [6.45, 7) is 0. The highest BCUT2D eigenvalue weighted by molar-refractivity contribution is 9.10. The summed E-state index contributed by atoms with van der Waals surface area (Å²) in [6, 6.07) is 16.6. The highest BCUT2D eigenvalue weighted by Gasteiger charge is 2.09. The summed E-state index contributed by atoms with van der Waals surface area (Å²) < 4.78 is 6.00. The second kappa shape index (κ2) is 8.70. The molecule has 0 aliphatic carbocycles. The lowest BCUT2D eigenvalue weighted by atomic mass is 10.1. The van der Waals surface area contributed by atoms with E-state index in [2.05, 4.69) is 21.2 Å². The van der Waals surface area contributed by atoms with E-state index in [9.17, 15) is 10.1 Å². The number of nitrogens with one attached hydrogen (secondary N) is 1. The van der Waals surface area contributed by atoms with Crippen molar-refractivity contribution in [3.63, 3.8) is 0 Å². The molecule has 0 fully saturated rings. The molecule has 0 atom stereocenters. The topological polar surface area (TPSA) is 62.1 Å². The third kappa shape index (κ3) is 4.58. The van der Waals surface area contributed by atoms with Gasteiger partial charge < -0.3 is 10.1 Å². The first-order valence-electron chi connectivity index (χ1n) is 7.13. The van der Waals surface area contributed by atoms with E-state index in [1.165, 1.54) is 6.08 Å². The summed E-state index contributed by atoms with van der Waals surface area (Å²) >= 11 is 3.35. The van der Waals surface area contributed by atoms with E-state index in [4.69, 9.17) is 4.74 Å². The van der Waals surface area contributed by atoms with Gasteiger partial charge in [-0.05, 0) is 40.2 Å². The van der Waals surface area contributed by atoms with Crippen molar-refractivity contribution in [3.8, 4) is 11.8 Å². The SMILES string of the molecule is COc1ccccc1/C=C/C=C(/C#N)C(=O)Nc1ccccc1Br. The number of carbonyl (C=O) groups excluding carboxylic acids is 1. The fraction of sp³-hybridized carbons (Fsp3) is 0.0526. The molecular formula is C19H15BrN2O2. The molecule has 120 valence electrons. The van der Waals surface area contributed by atoms with Gasteiger partial charge in [0.2, 0.25) is 0 Å². The lowest BCUT2D eigenvalue weighted by Crippen LogP contribution is -2.13. The van der Waals surface area contributed by atoms with Gasteiger partial charge in [0.1, 0.15) is 17.4 Å². The summed E-state index contributed by atoms with van der Waals surface area (Å²) in [6.07, 6.45) is 4.90. The van der Waals surface area contributed by atoms with Crippen LogP contribution in [0.5, 0.6) is 5.75 Å². The number of benzene rings is 2. The molecule has 0 bridgehead atoms. The van der Waals surface area contributed by atoms with Crippen LogP contribution in [-0.4, -0.2) is 13.0 Å². The Balaban J connectivity index is 2.14. The molecule has 24 heavy (non-hydrogen) atoms. The van der Waals surface area contributed by atoms with E-state index in [1.807, 2.05) is 42.5 Å². The quantitative estimate of drug-likeness (QED) is 0.468. The minimum absolute atomic E-state index is 0.0110. The van der Waals surface area contributed by atoms with E-state index in [1.54, 1.807) is 31.4 Å². The molecule has 0 spiro atoms. The standard InChI is InChI=1S/C19H15BrN2O2/c1-24-18-12-5-2-7-14(18)8-6-9-15(13-21)19(23)22-17-11-4-3-10-16(17)20/h2-12H,1H3,(H,22,23)/b8-6+,15-9-. The molecule has 4 nitrogen and oxygen atoms in total. The van der Waals surface area contributed by atoms with Crippen LogP contribution in [-0.2, 0) is 4.79 Å². The van der Waals surface area contributed by atoms with Crippen molar-refractivity contribution < 1.29 is 9.53 Å². The van der Waals surface area contributed by atoms with Gasteiger partial charge in [-0.15, -0.1) is 0 Å². The zero-order chi connectivity index (χ0) is 17.4. The molecule has 0 aliphatic heterocycles. The molecule has 0 radical (unpaired) electrons. The van der Waals surface area contributed by atoms with Crippen molar-refractivity contribution in [2.45, 2.75) is 0 Å². The Kier molecular flexibility index (Phi) is 6.35. The molecule has 0 saturated carbocycles. The maximum Gasteiger partial charge on any atom is 0.266 e. The second-order valence-corrected chi connectivity index (χ2v) is 5.58. The first-order valence-corrected chi connectivity index (χ1v) is 7.92. The summed E-state index contributed by atoms with van der Waals surface area (Å²) in [5, 5.41) is 11.9. The number of hydrogen-bond donors (Lipinski definition) is 1. The van der Waals surface area contributed by atoms with Crippen molar-refractivity contribution >= 4 is 33.6 Å². The Labute approximate surface area is 149 Å². The van der Waals surface area contributed by atoms with Crippen molar-refractivity contribution in [3.05, 3.63) is 76.3 Å². The number of rotatable bonds is 5. The van der Waals surface area contributed by atoms with E-state index in [0.29, 0.717) is 5.69 Å². The van der Waals surface area contributed by atoms with Gasteiger partial charge in [-0.3, -0.25) is 4.79 Å². The Bertz CT molecular complexity index is 835. The van der Waals surface area contributed by atoms with Crippen LogP contribution in [0.2, 0.25) is 0 Å². The number of methoxy groups -OCH3 is 1. The van der Waals surface area contributed by atoms with Gasteiger partial charge >= 0.3 is 0 Å². The minimum Gasteiger partial charge on any atom is -0.496 e. The lowest BCUT2D eigenvalue weighted by molar-refractivity contribution is -0.112. The van der Waals surface area contributed by atoms with Gasteiger partial charge in [-0.25, -0.2) is 0 Å². The van der Waals surface area contributed by atoms with Crippen LogP contribution in [0, 0.1) is 11.3 Å². The fourth-order valence-corrected chi connectivity index (χ4v) is 2.35. The summed E-state index contributed by atoms with van der Waals surface area (Å²) in [5.41, 5.74) is 1.48. The zero-order valence-electron chi connectivity index (χ0n) is 13.0. The lowest BCUT2D eigenvalue weighted by Gasteiger charge is -2.05. The molecular weight excluding hydrogens is 368 g/mol. The third-order valence-electron chi connectivity index (χ3n) is 3.16. The number of halogens is 1. The number of hydrogen-bond acceptors (Lipinski definition) is 3. The molecule has 0 aliphatic rings. The number of carbonyl (C=O) groups is 1. The molecule has 0 unspecified atom stereocenters. The van der Waals surface area contributed by atoms with Crippen LogP contribution in [0.1, 0.15) is 5.56 Å². The molecule has 2 rings (SSSR count). The Morgan fingerprint density at radius 3 is 2.62 bits per heavy atom. The van der Waals surface area contributed by atoms with Gasteiger partial charge in [0.05, 0.1) is 12.8 Å². The number of nitrogens with zero attached hydrogens (tertiary/aromatic N) is 1. The molecule has 1 amide bonds. The Morgan fingerprint density at radius 2 is 1.92 bits per heavy atom. The first kappa shape index (κ1) is 17.5. The zero-order valence-corrected chi connectivity index (χ0v) is 14.6. The molecule has 0 heterocycles. The fourth-order valence-electron chi connectivity index (χ4n) is 1.97. The van der Waals surface area contributed by atoms with Gasteiger partial charge in [0, 0.05) is 10.0 Å². The van der Waals surface area contributed by atoms with Gasteiger partial charge in [-0.2, -0.15) is 5.26 Å². The van der Waals surface area contributed by atoms with Crippen molar-refractivity contribution in [2.75, 3.05) is 12.4 Å². The van der Waals surface area contributed by atoms with Gasteiger partial charge in [0.15, 0.2) is 0 Å². The molecule has 0 saturated heterocycles. The predicted octanol–water partition coefficient (Wildman–Crippen LogP) is 4.56. The maximum absolute atomic E-state index is 12.2. The van der Waals surface area contributed by atoms with Gasteiger partial charge in [0.25, 0.3) is 5.91 Å². The third-order valence-corrected chi connectivity index (χ3v) is 3.86. The highest BCUT2D eigenvalue weighted by atomic mass is 79.9. The van der Waals surface area contributed by atoms with Gasteiger partial charge in [-0.1, -0.05) is 42.5 Å². The number of allylic oxidation sites excluding steroid dienone is 2. The number of anilines is 1. The first-order chi connectivity index (χ1) is 11.7. The van der Waals surface area contributed by atoms with Crippen LogP contribution < -0.4 is 10.1 Å². The second-order valence-electron chi connectivity index (χ2n) is 4.73. The molecule has 2 aromatic carbocycles. The number of amides is 1. The number of ether oxygens (including phenoxy) is 1. The molecule has 0 aromatic heterocycles. The van der Waals surface area contributed by atoms with E-state index in [0.717, 1.165) is 15.8 Å². The molecule has 1 N–H and O–H groups in total. The summed E-state index contributed by atoms with van der Waals surface area (Å²) in [4.78, 5) is 12.2. The Hall–Kier alpha value is -2.84. The monoisotopic (exact) mass is 382 g/mol. The van der Waals surface area contributed by atoms with E-state index in [-0.39, 0.29) is 5.57 Å². The van der Waals surface area contributed by atoms with Crippen molar-refractivity contribution in [1.82, 2.24) is 0 Å². The van der Waals surface area contributed by atoms with Crippen molar-refractivity contribution in [2.24, 2.45) is 0 Å². The molecule has 2 aromatic rings. The average Bonchev–Trinajstić information content (AvgIpc) is 2.61. The number of para-hydroxylation sites is 2. The Morgan fingerprint density at radius 1 is 1.21 bits per heavy atom. The molecule has 5 heteroatoms. The predicted molar refractivity (Wildman–Crippen MR) is 98.5 cm³/mol. The summed E-state index contributed by atoms with van der Waals surface area (Å²) in [7, 11) is 1.59. The highest BCUT2D eigenvalue weighted by Crippen LogP contribution is 2.22. The smallest absolute Gasteiger partial charge is 0.266 e. The average molecular weight is 383 g/mol. The van der Waals surface area contributed by atoms with Crippen LogP contribution in [0.25, 0.3) is 6.08 Å². The largest absolute Gasteiger partial charge is 0.496 e. The van der Waals surface area contributed by atoms with Crippen LogP contribution >= 0.6 is 15.9 Å². The van der Waals surface area contributed by atoms with Crippen LogP contribution in [0.4, 0.5) is 5.69 Å². The maximum atomic E-state index is 12.2. The minimum atomic E-state index is -0.464. The van der Waals surface area contributed by atoms with Crippen molar-refractivity contribution in [1.29, 1.82) is 5.26 Å².